The minimum absolute atomic E-state index is 0.0265. The number of benzene rings is 2. The van der Waals surface area contributed by atoms with E-state index >= 15 is 0 Å². The molecule has 0 saturated heterocycles. The molecule has 3 rings (SSSR count). The fourth-order valence-electron chi connectivity index (χ4n) is 2.71. The van der Waals surface area contributed by atoms with Crippen molar-refractivity contribution in [3.05, 3.63) is 52.3 Å². The normalized spacial score (nSPS) is 10.5. The average molecular weight is 446 g/mol. The second kappa shape index (κ2) is 9.94. The number of thioether (sulfide) groups is 1. The lowest BCUT2D eigenvalue weighted by molar-refractivity contribution is 0.354. The highest BCUT2D eigenvalue weighted by Gasteiger charge is 2.14. The number of rotatable bonds is 9. The second-order valence-electron chi connectivity index (χ2n) is 6.18. The van der Waals surface area contributed by atoms with Gasteiger partial charge in [-0.25, -0.2) is 0 Å². The molecule has 2 aromatic carbocycles. The van der Waals surface area contributed by atoms with E-state index in [2.05, 4.69) is 15.5 Å². The number of methoxy groups -OCH3 is 4. The molecule has 31 heavy (non-hydrogen) atoms. The summed E-state index contributed by atoms with van der Waals surface area (Å²) >= 11 is 1.27. The molecule has 10 nitrogen and oxygen atoms in total. The first kappa shape index (κ1) is 22.1. The van der Waals surface area contributed by atoms with Crippen molar-refractivity contribution >= 4 is 23.3 Å². The van der Waals surface area contributed by atoms with Crippen LogP contribution in [0.25, 0.3) is 0 Å². The molecule has 0 fully saturated rings. The summed E-state index contributed by atoms with van der Waals surface area (Å²) in [5, 5.41) is 11.3. The van der Waals surface area contributed by atoms with E-state index < -0.39 is 5.56 Å². The number of hydrogen-bond acceptors (Lipinski definition) is 10. The summed E-state index contributed by atoms with van der Waals surface area (Å²) in [4.78, 5) is 12.7. The lowest BCUT2D eigenvalue weighted by Crippen LogP contribution is -2.32. The summed E-state index contributed by atoms with van der Waals surface area (Å²) in [7, 11) is 6.22. The second-order valence-corrected chi connectivity index (χ2v) is 7.12. The summed E-state index contributed by atoms with van der Waals surface area (Å²) in [5.41, 5.74) is 0.949. The number of hydrogen-bond donors (Lipinski definition) is 2. The van der Waals surface area contributed by atoms with Gasteiger partial charge in [0.1, 0.15) is 11.5 Å². The van der Waals surface area contributed by atoms with Gasteiger partial charge in [0.25, 0.3) is 0 Å². The van der Waals surface area contributed by atoms with Gasteiger partial charge in [-0.05, 0) is 29.8 Å². The number of nitrogen functional groups attached to an aromatic ring is 1. The van der Waals surface area contributed by atoms with E-state index in [1.165, 1.54) is 18.9 Å². The van der Waals surface area contributed by atoms with Crippen LogP contribution in [0.3, 0.4) is 0 Å². The third-order valence-corrected chi connectivity index (χ3v) is 5.35. The Morgan fingerprint density at radius 3 is 2.35 bits per heavy atom. The molecule has 164 valence electrons. The number of nitrogens with one attached hydrogen (secondary N) is 1. The molecule has 3 N–H and O–H groups in total. The van der Waals surface area contributed by atoms with Gasteiger partial charge in [0.2, 0.25) is 11.0 Å². The zero-order valence-corrected chi connectivity index (χ0v) is 18.4. The topological polar surface area (TPSA) is 123 Å². The van der Waals surface area contributed by atoms with Crippen LogP contribution in [0.1, 0.15) is 5.56 Å². The van der Waals surface area contributed by atoms with Crippen LogP contribution in [-0.4, -0.2) is 43.3 Å². The van der Waals surface area contributed by atoms with Crippen molar-refractivity contribution in [1.82, 2.24) is 14.9 Å². The molecule has 1 heterocycles. The Morgan fingerprint density at radius 2 is 1.68 bits per heavy atom. The highest BCUT2D eigenvalue weighted by Crippen LogP contribution is 2.31. The van der Waals surface area contributed by atoms with E-state index in [0.29, 0.717) is 34.4 Å². The maximum absolute atomic E-state index is 12.7. The Hall–Kier alpha value is -3.60. The van der Waals surface area contributed by atoms with Crippen LogP contribution in [0.4, 0.5) is 11.5 Å². The average Bonchev–Trinajstić information content (AvgIpc) is 2.81. The molecule has 0 aliphatic carbocycles. The zero-order chi connectivity index (χ0) is 22.4. The largest absolute Gasteiger partial charge is 0.497 e. The van der Waals surface area contributed by atoms with E-state index in [1.807, 2.05) is 18.2 Å². The van der Waals surface area contributed by atoms with Crippen molar-refractivity contribution in [2.45, 2.75) is 10.9 Å². The van der Waals surface area contributed by atoms with Crippen molar-refractivity contribution in [3.63, 3.8) is 0 Å². The molecule has 0 saturated carbocycles. The van der Waals surface area contributed by atoms with E-state index in [-0.39, 0.29) is 11.0 Å². The van der Waals surface area contributed by atoms with Gasteiger partial charge in [0, 0.05) is 11.8 Å². The molecule has 1 aromatic heterocycles. The summed E-state index contributed by atoms with van der Waals surface area (Å²) < 4.78 is 22.0. The van der Waals surface area contributed by atoms with Crippen LogP contribution >= 0.6 is 11.8 Å². The van der Waals surface area contributed by atoms with Gasteiger partial charge in [-0.2, -0.15) is 4.68 Å². The molecular weight excluding hydrogens is 422 g/mol. The van der Waals surface area contributed by atoms with Crippen molar-refractivity contribution in [2.24, 2.45) is 0 Å². The molecule has 0 atom stereocenters. The Balaban J connectivity index is 1.77. The van der Waals surface area contributed by atoms with Crippen LogP contribution in [0.5, 0.6) is 23.0 Å². The first-order chi connectivity index (χ1) is 15.0. The number of aromatic nitrogens is 3. The molecule has 0 aliphatic rings. The van der Waals surface area contributed by atoms with Gasteiger partial charge >= 0.3 is 5.56 Å². The maximum Gasteiger partial charge on any atom is 0.315 e. The van der Waals surface area contributed by atoms with Gasteiger partial charge in [-0.3, -0.25) is 4.79 Å². The SMILES string of the molecule is COc1ccc(Nc2nnc(SCc3ccc(OC)c(OC)c3)n(N)c2=O)c(OC)c1. The Bertz CT molecular complexity index is 1120. The van der Waals surface area contributed by atoms with Crippen molar-refractivity contribution in [3.8, 4) is 23.0 Å². The molecular formula is C20H23N5O5S. The lowest BCUT2D eigenvalue weighted by atomic mass is 10.2. The standard InChI is InChI=1S/C20H23N5O5S/c1-27-13-6-7-14(16(10-13)29-3)22-18-19(26)25(21)20(24-23-18)31-11-12-5-8-15(28-2)17(9-12)30-4/h5-10H,11,21H2,1-4H3,(H,22,23). The lowest BCUT2D eigenvalue weighted by Gasteiger charge is -2.13. The third kappa shape index (κ3) is 4.94. The predicted molar refractivity (Wildman–Crippen MR) is 118 cm³/mol. The van der Waals surface area contributed by atoms with Crippen LogP contribution < -0.4 is 35.7 Å². The first-order valence-corrected chi connectivity index (χ1v) is 10.1. The van der Waals surface area contributed by atoms with Crippen molar-refractivity contribution in [2.75, 3.05) is 39.6 Å². The van der Waals surface area contributed by atoms with Crippen LogP contribution in [0.2, 0.25) is 0 Å². The smallest absolute Gasteiger partial charge is 0.315 e. The summed E-state index contributed by atoms with van der Waals surface area (Å²) in [6.07, 6.45) is 0. The van der Waals surface area contributed by atoms with E-state index in [1.54, 1.807) is 39.5 Å². The zero-order valence-electron chi connectivity index (χ0n) is 17.5. The van der Waals surface area contributed by atoms with Crippen molar-refractivity contribution < 1.29 is 18.9 Å². The molecule has 11 heteroatoms. The number of nitrogens with zero attached hydrogens (tertiary/aromatic N) is 3. The summed E-state index contributed by atoms with van der Waals surface area (Å²) in [5.74, 6) is 8.79. The predicted octanol–water partition coefficient (Wildman–Crippen LogP) is 2.42. The molecule has 0 amide bonds. The van der Waals surface area contributed by atoms with Crippen LogP contribution in [-0.2, 0) is 5.75 Å². The van der Waals surface area contributed by atoms with Gasteiger partial charge in [0.05, 0.1) is 34.1 Å². The fraction of sp³-hybridized carbons (Fsp3) is 0.250. The first-order valence-electron chi connectivity index (χ1n) is 9.08. The highest BCUT2D eigenvalue weighted by atomic mass is 32.2. The van der Waals surface area contributed by atoms with Gasteiger partial charge in [-0.15, -0.1) is 10.2 Å². The molecule has 0 spiro atoms. The van der Waals surface area contributed by atoms with Crippen LogP contribution in [0, 0.1) is 0 Å². The molecule has 0 bridgehead atoms. The van der Waals surface area contributed by atoms with Crippen LogP contribution in [0.15, 0.2) is 46.3 Å². The van der Waals surface area contributed by atoms with Crippen molar-refractivity contribution in [1.29, 1.82) is 0 Å². The number of anilines is 2. The molecule has 0 unspecified atom stereocenters. The Morgan fingerprint density at radius 1 is 0.935 bits per heavy atom. The number of nitrogens with two attached hydrogens (primary N) is 1. The summed E-state index contributed by atoms with van der Waals surface area (Å²) in [6, 6.07) is 10.7. The highest BCUT2D eigenvalue weighted by molar-refractivity contribution is 7.98. The minimum atomic E-state index is -0.525. The Labute approximate surface area is 183 Å². The minimum Gasteiger partial charge on any atom is -0.497 e. The number of ether oxygens (including phenoxy) is 4. The maximum atomic E-state index is 12.7. The van der Waals surface area contributed by atoms with E-state index in [9.17, 15) is 4.79 Å². The third-order valence-electron chi connectivity index (χ3n) is 4.34. The van der Waals surface area contributed by atoms with Gasteiger partial charge in [-0.1, -0.05) is 17.8 Å². The molecule has 3 aromatic rings. The molecule has 0 aliphatic heterocycles. The fourth-order valence-corrected chi connectivity index (χ4v) is 3.51. The van der Waals surface area contributed by atoms with Gasteiger partial charge in [0.15, 0.2) is 11.5 Å². The van der Waals surface area contributed by atoms with Gasteiger partial charge < -0.3 is 30.1 Å². The monoisotopic (exact) mass is 445 g/mol. The Kier molecular flexibility index (Phi) is 7.08. The van der Waals surface area contributed by atoms with E-state index in [0.717, 1.165) is 10.2 Å². The quantitative estimate of drug-likeness (QED) is 0.375. The van der Waals surface area contributed by atoms with E-state index in [4.69, 9.17) is 24.8 Å². The molecule has 0 radical (unpaired) electrons. The summed E-state index contributed by atoms with van der Waals surface area (Å²) in [6.45, 7) is 0.